The maximum absolute atomic E-state index is 12.5. The Morgan fingerprint density at radius 3 is 2.53 bits per heavy atom. The molecule has 0 fully saturated rings. The molecule has 6 heteroatoms. The third kappa shape index (κ3) is 6.50. The predicted octanol–water partition coefficient (Wildman–Crippen LogP) is 4.86. The van der Waals surface area contributed by atoms with Gasteiger partial charge in [-0.3, -0.25) is 0 Å². The molecule has 0 saturated carbocycles. The minimum absolute atomic E-state index is 0.207. The van der Waals surface area contributed by atoms with E-state index in [0.29, 0.717) is 22.2 Å². The molecule has 0 aliphatic rings. The number of alkyl halides is 3. The molecule has 1 aromatic rings. The van der Waals surface area contributed by atoms with E-state index in [-0.39, 0.29) is 6.42 Å². The van der Waals surface area contributed by atoms with Gasteiger partial charge in [0.05, 0.1) is 6.42 Å². The Balaban J connectivity index is 2.78. The Labute approximate surface area is 121 Å². The summed E-state index contributed by atoms with van der Waals surface area (Å²) in [5, 5.41) is 3.81. The molecule has 1 atom stereocenters. The van der Waals surface area contributed by atoms with E-state index < -0.39 is 18.6 Å². The summed E-state index contributed by atoms with van der Waals surface area (Å²) in [6.07, 6.45) is -4.09. The van der Waals surface area contributed by atoms with E-state index in [1.54, 1.807) is 18.2 Å². The quantitative estimate of drug-likeness (QED) is 0.791. The van der Waals surface area contributed by atoms with Crippen molar-refractivity contribution in [2.45, 2.75) is 38.4 Å². The van der Waals surface area contributed by atoms with Crippen molar-refractivity contribution in [3.05, 3.63) is 33.8 Å². The fourth-order valence-electron chi connectivity index (χ4n) is 1.81. The highest BCUT2D eigenvalue weighted by Crippen LogP contribution is 2.26. The summed E-state index contributed by atoms with van der Waals surface area (Å²) in [7, 11) is 0. The van der Waals surface area contributed by atoms with Crippen molar-refractivity contribution in [2.24, 2.45) is 0 Å². The van der Waals surface area contributed by atoms with Crippen LogP contribution in [0.4, 0.5) is 13.2 Å². The molecule has 108 valence electrons. The number of rotatable bonds is 6. The molecule has 0 aromatic heterocycles. The van der Waals surface area contributed by atoms with Crippen molar-refractivity contribution in [3.63, 3.8) is 0 Å². The van der Waals surface area contributed by atoms with Gasteiger partial charge in [0.1, 0.15) is 0 Å². The summed E-state index contributed by atoms with van der Waals surface area (Å²) in [4.78, 5) is 0. The van der Waals surface area contributed by atoms with Crippen LogP contribution in [-0.4, -0.2) is 18.8 Å². The van der Waals surface area contributed by atoms with Gasteiger partial charge in [0.25, 0.3) is 0 Å². The van der Waals surface area contributed by atoms with Crippen LogP contribution < -0.4 is 5.32 Å². The summed E-state index contributed by atoms with van der Waals surface area (Å²) in [5.41, 5.74) is 0.631. The van der Waals surface area contributed by atoms with Crippen LogP contribution in [0.5, 0.6) is 0 Å². The van der Waals surface area contributed by atoms with Gasteiger partial charge in [-0.1, -0.05) is 30.1 Å². The fourth-order valence-corrected chi connectivity index (χ4v) is 2.20. The van der Waals surface area contributed by atoms with Crippen molar-refractivity contribution in [3.8, 4) is 0 Å². The Morgan fingerprint density at radius 1 is 1.26 bits per heavy atom. The average molecular weight is 314 g/mol. The molecule has 19 heavy (non-hydrogen) atoms. The lowest BCUT2D eigenvalue weighted by atomic mass is 10.0. The van der Waals surface area contributed by atoms with Crippen LogP contribution in [0.1, 0.15) is 25.3 Å². The van der Waals surface area contributed by atoms with Crippen LogP contribution in [-0.2, 0) is 6.42 Å². The van der Waals surface area contributed by atoms with Crippen molar-refractivity contribution in [1.82, 2.24) is 5.32 Å². The van der Waals surface area contributed by atoms with Gasteiger partial charge in [-0.15, -0.1) is 0 Å². The van der Waals surface area contributed by atoms with Gasteiger partial charge in [0.15, 0.2) is 0 Å². The first-order chi connectivity index (χ1) is 8.81. The van der Waals surface area contributed by atoms with Gasteiger partial charge in [-0.05, 0) is 43.1 Å². The summed E-state index contributed by atoms with van der Waals surface area (Å²) in [5.74, 6) is 0. The number of nitrogens with one attached hydrogen (secondary N) is 1. The molecule has 0 saturated heterocycles. The second-order valence-corrected chi connectivity index (χ2v) is 5.25. The minimum atomic E-state index is -4.20. The van der Waals surface area contributed by atoms with Crippen LogP contribution in [0.25, 0.3) is 0 Å². The Bertz CT molecular complexity index is 407. The highest BCUT2D eigenvalue weighted by molar-refractivity contribution is 6.33. The van der Waals surface area contributed by atoms with Crippen LogP contribution in [0, 0.1) is 0 Å². The van der Waals surface area contributed by atoms with Gasteiger partial charge in [-0.25, -0.2) is 0 Å². The van der Waals surface area contributed by atoms with E-state index in [4.69, 9.17) is 23.2 Å². The van der Waals surface area contributed by atoms with Crippen LogP contribution in [0.2, 0.25) is 10.0 Å². The van der Waals surface area contributed by atoms with E-state index >= 15 is 0 Å². The topological polar surface area (TPSA) is 12.0 Å². The first kappa shape index (κ1) is 16.6. The smallest absolute Gasteiger partial charge is 0.313 e. The summed E-state index contributed by atoms with van der Waals surface area (Å²) in [6, 6.07) is 4.15. The van der Waals surface area contributed by atoms with Crippen LogP contribution >= 0.6 is 23.2 Å². The first-order valence-corrected chi connectivity index (χ1v) is 6.81. The standard InChI is InChI=1S/C13H16Cl2F3N/c1-2-5-19-11(8-13(16,17)18)7-9-6-10(14)3-4-12(9)15/h3-4,6,11,19H,2,5,7-8H2,1H3. The largest absolute Gasteiger partial charge is 0.390 e. The zero-order chi connectivity index (χ0) is 14.5. The molecular formula is C13H16Cl2F3N. The summed E-state index contributed by atoms with van der Waals surface area (Å²) < 4.78 is 37.5. The first-order valence-electron chi connectivity index (χ1n) is 6.06. The minimum Gasteiger partial charge on any atom is -0.313 e. The lowest BCUT2D eigenvalue weighted by Crippen LogP contribution is -2.36. The molecular weight excluding hydrogens is 298 g/mol. The van der Waals surface area contributed by atoms with Crippen LogP contribution in [0.3, 0.4) is 0 Å². The molecule has 1 nitrogen and oxygen atoms in total. The van der Waals surface area contributed by atoms with Gasteiger partial charge < -0.3 is 5.32 Å². The molecule has 0 amide bonds. The third-order valence-corrected chi connectivity index (χ3v) is 3.24. The number of hydrogen-bond donors (Lipinski definition) is 1. The highest BCUT2D eigenvalue weighted by atomic mass is 35.5. The van der Waals surface area contributed by atoms with Gasteiger partial charge in [0, 0.05) is 16.1 Å². The second-order valence-electron chi connectivity index (χ2n) is 4.41. The Kier molecular flexibility index (Phi) is 6.43. The number of hydrogen-bond acceptors (Lipinski definition) is 1. The summed E-state index contributed by atoms with van der Waals surface area (Å²) >= 11 is 11.8. The number of halogens is 5. The molecule has 1 unspecified atom stereocenters. The number of benzene rings is 1. The molecule has 1 N–H and O–H groups in total. The molecule has 1 aromatic carbocycles. The molecule has 1 rings (SSSR count). The van der Waals surface area contributed by atoms with Gasteiger partial charge in [-0.2, -0.15) is 13.2 Å². The maximum Gasteiger partial charge on any atom is 0.390 e. The normalized spacial score (nSPS) is 13.6. The van der Waals surface area contributed by atoms with E-state index in [1.165, 1.54) is 0 Å². The van der Waals surface area contributed by atoms with Crippen molar-refractivity contribution >= 4 is 23.2 Å². The average Bonchev–Trinajstić information content (AvgIpc) is 2.29. The molecule has 0 heterocycles. The lowest BCUT2D eigenvalue weighted by molar-refractivity contribution is -0.139. The van der Waals surface area contributed by atoms with Gasteiger partial charge >= 0.3 is 6.18 Å². The fraction of sp³-hybridized carbons (Fsp3) is 0.538. The van der Waals surface area contributed by atoms with Crippen molar-refractivity contribution in [2.75, 3.05) is 6.54 Å². The Hall–Kier alpha value is -0.450. The van der Waals surface area contributed by atoms with Gasteiger partial charge in [0.2, 0.25) is 0 Å². The monoisotopic (exact) mass is 313 g/mol. The maximum atomic E-state index is 12.5. The Morgan fingerprint density at radius 2 is 1.95 bits per heavy atom. The SMILES string of the molecule is CCCNC(Cc1cc(Cl)ccc1Cl)CC(F)(F)F. The predicted molar refractivity (Wildman–Crippen MR) is 72.9 cm³/mol. The van der Waals surface area contributed by atoms with E-state index in [1.807, 2.05) is 6.92 Å². The molecule has 0 spiro atoms. The third-order valence-electron chi connectivity index (χ3n) is 2.63. The van der Waals surface area contributed by atoms with E-state index in [2.05, 4.69) is 5.32 Å². The zero-order valence-corrected chi connectivity index (χ0v) is 12.0. The molecule has 0 radical (unpaired) electrons. The van der Waals surface area contributed by atoms with E-state index in [0.717, 1.165) is 6.42 Å². The zero-order valence-electron chi connectivity index (χ0n) is 10.5. The molecule has 0 bridgehead atoms. The van der Waals surface area contributed by atoms with E-state index in [9.17, 15) is 13.2 Å². The van der Waals surface area contributed by atoms with Crippen molar-refractivity contribution in [1.29, 1.82) is 0 Å². The summed E-state index contributed by atoms with van der Waals surface area (Å²) in [6.45, 7) is 2.45. The molecule has 0 aliphatic heterocycles. The van der Waals surface area contributed by atoms with Crippen LogP contribution in [0.15, 0.2) is 18.2 Å². The molecule has 0 aliphatic carbocycles. The van der Waals surface area contributed by atoms with Crippen molar-refractivity contribution < 1.29 is 13.2 Å². The highest BCUT2D eigenvalue weighted by Gasteiger charge is 2.31. The second kappa shape index (κ2) is 7.36. The lowest BCUT2D eigenvalue weighted by Gasteiger charge is -2.20.